The predicted molar refractivity (Wildman–Crippen MR) is 122 cm³/mol. The highest BCUT2D eigenvalue weighted by Gasteiger charge is 2.23. The number of hydrogen-bond acceptors (Lipinski definition) is 6. The molecule has 30 heavy (non-hydrogen) atoms. The molecular weight excluding hydrogens is 418 g/mol. The van der Waals surface area contributed by atoms with E-state index in [1.807, 2.05) is 12.1 Å². The van der Waals surface area contributed by atoms with Gasteiger partial charge in [0.1, 0.15) is 10.8 Å². The van der Waals surface area contributed by atoms with E-state index >= 15 is 0 Å². The normalized spacial score (nSPS) is 20.8. The first-order valence-electron chi connectivity index (χ1n) is 10.8. The second-order valence-corrected chi connectivity index (χ2v) is 11.4. The predicted octanol–water partition coefficient (Wildman–Crippen LogP) is 3.42. The Morgan fingerprint density at radius 2 is 1.93 bits per heavy atom. The Hall–Kier alpha value is -1.48. The van der Waals surface area contributed by atoms with Crippen LogP contribution in [0.15, 0.2) is 24.3 Å². The molecule has 1 saturated heterocycles. The Labute approximate surface area is 183 Å². The fraction of sp³-hybridized carbons (Fsp3) is 0.591. The standard InChI is InChI=1S/C22H31N3O3S2/c1-17-5-3-12-24(17)13-4-16-28-19-8-6-18(7-9-19)22-23-20-10-14-25(30(2,26)27)15-11-21(20)29-22/h6-9,17H,3-5,10-16H2,1-2H3. The molecule has 0 spiro atoms. The lowest BCUT2D eigenvalue weighted by Gasteiger charge is -2.20. The lowest BCUT2D eigenvalue weighted by Crippen LogP contribution is -2.32. The summed E-state index contributed by atoms with van der Waals surface area (Å²) in [5.74, 6) is 0.898. The number of fused-ring (bicyclic) bond motifs is 1. The Kier molecular flexibility index (Phi) is 6.77. The van der Waals surface area contributed by atoms with Gasteiger partial charge in [0, 0.05) is 42.5 Å². The molecule has 2 aliphatic heterocycles. The third-order valence-electron chi connectivity index (χ3n) is 6.08. The molecule has 2 aromatic rings. The number of nitrogens with zero attached hydrogens (tertiary/aromatic N) is 3. The van der Waals surface area contributed by atoms with Gasteiger partial charge in [-0.2, -0.15) is 0 Å². The van der Waals surface area contributed by atoms with Gasteiger partial charge in [0.05, 0.1) is 18.6 Å². The number of hydrogen-bond donors (Lipinski definition) is 0. The first kappa shape index (κ1) is 21.7. The van der Waals surface area contributed by atoms with E-state index in [1.54, 1.807) is 15.6 Å². The van der Waals surface area contributed by atoms with Crippen molar-refractivity contribution >= 4 is 21.4 Å². The van der Waals surface area contributed by atoms with Crippen LogP contribution in [0.2, 0.25) is 0 Å². The number of sulfonamides is 1. The van der Waals surface area contributed by atoms with E-state index in [-0.39, 0.29) is 0 Å². The maximum absolute atomic E-state index is 11.8. The van der Waals surface area contributed by atoms with Gasteiger partial charge in [-0.1, -0.05) is 0 Å². The van der Waals surface area contributed by atoms with Crippen molar-refractivity contribution in [3.8, 4) is 16.3 Å². The van der Waals surface area contributed by atoms with Gasteiger partial charge < -0.3 is 9.64 Å². The Morgan fingerprint density at radius 3 is 2.63 bits per heavy atom. The van der Waals surface area contributed by atoms with Crippen molar-refractivity contribution in [1.29, 1.82) is 0 Å². The van der Waals surface area contributed by atoms with E-state index in [0.29, 0.717) is 25.6 Å². The molecular formula is C22H31N3O3S2. The van der Waals surface area contributed by atoms with E-state index < -0.39 is 10.0 Å². The number of rotatable bonds is 7. The highest BCUT2D eigenvalue weighted by molar-refractivity contribution is 7.88. The summed E-state index contributed by atoms with van der Waals surface area (Å²) < 4.78 is 31.1. The van der Waals surface area contributed by atoms with Gasteiger partial charge in [-0.25, -0.2) is 17.7 Å². The fourth-order valence-corrected chi connectivity index (χ4v) is 6.22. The summed E-state index contributed by atoms with van der Waals surface area (Å²) in [6.45, 7) is 6.44. The number of thiazole rings is 1. The third-order valence-corrected chi connectivity index (χ3v) is 8.59. The molecule has 1 fully saturated rings. The highest BCUT2D eigenvalue weighted by atomic mass is 32.2. The third kappa shape index (κ3) is 5.22. The first-order chi connectivity index (χ1) is 14.4. The minimum atomic E-state index is -3.14. The molecule has 1 aromatic heterocycles. The molecule has 1 atom stereocenters. The van der Waals surface area contributed by atoms with Crippen molar-refractivity contribution in [2.45, 2.75) is 45.1 Å². The molecule has 0 bridgehead atoms. The molecule has 0 saturated carbocycles. The van der Waals surface area contributed by atoms with Crippen molar-refractivity contribution < 1.29 is 13.2 Å². The van der Waals surface area contributed by atoms with Crippen LogP contribution in [-0.2, 0) is 22.9 Å². The van der Waals surface area contributed by atoms with E-state index in [1.165, 1.54) is 30.5 Å². The van der Waals surface area contributed by atoms with Crippen molar-refractivity contribution in [3.63, 3.8) is 0 Å². The van der Waals surface area contributed by atoms with E-state index in [2.05, 4.69) is 24.0 Å². The molecule has 6 nitrogen and oxygen atoms in total. The number of ether oxygens (including phenoxy) is 1. The van der Waals surface area contributed by atoms with Gasteiger partial charge in [0.15, 0.2) is 0 Å². The van der Waals surface area contributed by atoms with Gasteiger partial charge in [0.2, 0.25) is 10.0 Å². The summed E-state index contributed by atoms with van der Waals surface area (Å²) in [6, 6.07) is 8.89. The van der Waals surface area contributed by atoms with Gasteiger partial charge in [0.25, 0.3) is 0 Å². The molecule has 0 N–H and O–H groups in total. The molecule has 164 valence electrons. The van der Waals surface area contributed by atoms with Crippen LogP contribution in [-0.4, -0.2) is 67.7 Å². The summed E-state index contributed by atoms with van der Waals surface area (Å²) in [7, 11) is -3.14. The lowest BCUT2D eigenvalue weighted by molar-refractivity contribution is 0.230. The van der Waals surface area contributed by atoms with Crippen LogP contribution in [0.1, 0.15) is 36.8 Å². The topological polar surface area (TPSA) is 62.7 Å². The lowest BCUT2D eigenvalue weighted by atomic mass is 10.2. The summed E-state index contributed by atoms with van der Waals surface area (Å²) in [5.41, 5.74) is 2.13. The zero-order valence-corrected chi connectivity index (χ0v) is 19.5. The van der Waals surface area contributed by atoms with Gasteiger partial charge in [-0.15, -0.1) is 11.3 Å². The molecule has 0 aliphatic carbocycles. The zero-order chi connectivity index (χ0) is 21.1. The number of likely N-dealkylation sites (tertiary alicyclic amines) is 1. The van der Waals surface area contributed by atoms with Crippen LogP contribution >= 0.6 is 11.3 Å². The molecule has 4 rings (SSSR count). The minimum absolute atomic E-state index is 0.512. The van der Waals surface area contributed by atoms with E-state index in [0.717, 1.165) is 48.0 Å². The number of benzene rings is 1. The smallest absolute Gasteiger partial charge is 0.211 e. The summed E-state index contributed by atoms with van der Waals surface area (Å²) in [6.07, 6.45) is 6.38. The van der Waals surface area contributed by atoms with Crippen molar-refractivity contribution in [2.24, 2.45) is 0 Å². The SMILES string of the molecule is CC1CCCN1CCCOc1ccc(-c2nc3c(s2)CCN(S(C)(=O)=O)CC3)cc1. The molecule has 8 heteroatoms. The van der Waals surface area contributed by atoms with Crippen molar-refractivity contribution in [3.05, 3.63) is 34.8 Å². The largest absolute Gasteiger partial charge is 0.494 e. The average molecular weight is 450 g/mol. The Balaban J connectivity index is 1.31. The maximum atomic E-state index is 11.8. The van der Waals surface area contributed by atoms with E-state index in [4.69, 9.17) is 9.72 Å². The van der Waals surface area contributed by atoms with Crippen LogP contribution in [0.4, 0.5) is 0 Å². The molecule has 0 amide bonds. The highest BCUT2D eigenvalue weighted by Crippen LogP contribution is 2.31. The molecule has 3 heterocycles. The van der Waals surface area contributed by atoms with E-state index in [9.17, 15) is 8.42 Å². The molecule has 2 aliphatic rings. The summed E-state index contributed by atoms with van der Waals surface area (Å²) in [4.78, 5) is 8.56. The number of aromatic nitrogens is 1. The average Bonchev–Trinajstić information content (AvgIpc) is 3.25. The monoisotopic (exact) mass is 449 g/mol. The second-order valence-electron chi connectivity index (χ2n) is 8.30. The second kappa shape index (κ2) is 9.34. The maximum Gasteiger partial charge on any atom is 0.211 e. The molecule has 0 radical (unpaired) electrons. The summed E-state index contributed by atoms with van der Waals surface area (Å²) >= 11 is 1.68. The quantitative estimate of drug-likeness (QED) is 0.606. The molecule has 1 aromatic carbocycles. The first-order valence-corrected chi connectivity index (χ1v) is 13.5. The van der Waals surface area contributed by atoms with Crippen LogP contribution in [0.25, 0.3) is 10.6 Å². The van der Waals surface area contributed by atoms with Crippen molar-refractivity contribution in [2.75, 3.05) is 39.0 Å². The summed E-state index contributed by atoms with van der Waals surface area (Å²) in [5, 5.41) is 1.00. The van der Waals surface area contributed by atoms with Crippen LogP contribution < -0.4 is 4.74 Å². The van der Waals surface area contributed by atoms with Crippen LogP contribution in [0.3, 0.4) is 0 Å². The fourth-order valence-electron chi connectivity index (χ4n) is 4.27. The van der Waals surface area contributed by atoms with Crippen molar-refractivity contribution in [1.82, 2.24) is 14.2 Å². The van der Waals surface area contributed by atoms with Gasteiger partial charge >= 0.3 is 0 Å². The molecule has 1 unspecified atom stereocenters. The Morgan fingerprint density at radius 1 is 1.17 bits per heavy atom. The van der Waals surface area contributed by atoms with Gasteiger partial charge in [-0.05, 0) is 63.4 Å². The van der Waals surface area contributed by atoms with Crippen LogP contribution in [0.5, 0.6) is 5.75 Å². The van der Waals surface area contributed by atoms with Gasteiger partial charge in [-0.3, -0.25) is 0 Å². The Bertz CT molecular complexity index is 931. The minimum Gasteiger partial charge on any atom is -0.494 e. The van der Waals surface area contributed by atoms with Crippen LogP contribution in [0, 0.1) is 0 Å². The zero-order valence-electron chi connectivity index (χ0n) is 17.8.